The van der Waals surface area contributed by atoms with Crippen LogP contribution in [0.2, 0.25) is 0 Å². The maximum Gasteiger partial charge on any atom is 0.464 e. The minimum Gasteiger partial charge on any atom is -0.183 e. The molecule has 86 valence electrons. The molecular weight excluding hydrogens is 284 g/mol. The summed E-state index contributed by atoms with van der Waals surface area (Å²) in [6.45, 7) is 0. The molecule has 0 bridgehead atoms. The Morgan fingerprint density at radius 1 is 0.643 bits per heavy atom. The van der Waals surface area contributed by atoms with Crippen LogP contribution in [-0.2, 0) is 0 Å². The quantitative estimate of drug-likeness (QED) is 0.545. The van der Waals surface area contributed by atoms with Crippen molar-refractivity contribution in [1.82, 2.24) is 0 Å². The molecule has 0 unspecified atom stereocenters. The minimum absolute atomic E-state index is 0.668. The summed E-state index contributed by atoms with van der Waals surface area (Å²) in [6.07, 6.45) is -5.85. The molecule has 0 aliphatic rings. The van der Waals surface area contributed by atoms with E-state index in [0.29, 0.717) is 0 Å². The smallest absolute Gasteiger partial charge is 0.183 e. The summed E-state index contributed by atoms with van der Waals surface area (Å²) in [5.74, 6) is 0. The monoisotopic (exact) mass is 284 g/mol. The third-order valence-corrected chi connectivity index (χ3v) is 4.19. The van der Waals surface area contributed by atoms with Crippen molar-refractivity contribution in [1.29, 1.82) is 0 Å². The van der Waals surface area contributed by atoms with Gasteiger partial charge in [-0.3, -0.25) is 0 Å². The molecule has 0 fully saturated rings. The molecule has 0 aromatic rings. The van der Waals surface area contributed by atoms with E-state index in [-0.39, 0.29) is 0 Å². The van der Waals surface area contributed by atoms with Gasteiger partial charge in [0, 0.05) is 21.6 Å². The number of alkyl halides is 8. The highest BCUT2D eigenvalue weighted by atomic mass is 33.5. The van der Waals surface area contributed by atoms with E-state index in [2.05, 4.69) is 0 Å². The van der Waals surface area contributed by atoms with Gasteiger partial charge in [-0.1, -0.05) is 0 Å². The molecular formula is C3F8S3. The molecule has 11 heteroatoms. The molecule has 0 aliphatic carbocycles. The SMILES string of the molecule is FC(F)(F)SSSC(F)(F)C(F)(F)F. The van der Waals surface area contributed by atoms with Gasteiger partial charge in [0.1, 0.15) is 0 Å². The molecule has 0 aromatic heterocycles. The van der Waals surface area contributed by atoms with Crippen LogP contribution >= 0.6 is 31.4 Å². The highest BCUT2D eigenvalue weighted by molar-refractivity contribution is 9.09. The van der Waals surface area contributed by atoms with E-state index in [4.69, 9.17) is 0 Å². The fourth-order valence-electron chi connectivity index (χ4n) is 0.146. The average molecular weight is 284 g/mol. The Morgan fingerprint density at radius 3 is 1.36 bits per heavy atom. The second-order valence-electron chi connectivity index (χ2n) is 1.69. The van der Waals surface area contributed by atoms with E-state index in [1.165, 1.54) is 0 Å². The van der Waals surface area contributed by atoms with Crippen LogP contribution in [0.1, 0.15) is 0 Å². The standard InChI is InChI=1S/C3F8S3/c4-1(5,6)2(7,8)12-14-13-3(9,10)11. The van der Waals surface area contributed by atoms with Crippen molar-refractivity contribution >= 4 is 31.4 Å². The van der Waals surface area contributed by atoms with Crippen LogP contribution < -0.4 is 0 Å². The average Bonchev–Trinajstić information content (AvgIpc) is 1.80. The number of rotatable bonds is 3. The molecule has 14 heavy (non-hydrogen) atoms. The Morgan fingerprint density at radius 2 is 1.07 bits per heavy atom. The van der Waals surface area contributed by atoms with E-state index in [9.17, 15) is 35.1 Å². The van der Waals surface area contributed by atoms with Crippen LogP contribution in [0.5, 0.6) is 0 Å². The zero-order valence-electron chi connectivity index (χ0n) is 5.75. The number of hydrogen-bond acceptors (Lipinski definition) is 3. The van der Waals surface area contributed by atoms with Crippen molar-refractivity contribution in [3.05, 3.63) is 0 Å². The lowest BCUT2D eigenvalue weighted by atomic mass is 10.7. The van der Waals surface area contributed by atoms with Gasteiger partial charge in [-0.15, -0.1) is 0 Å². The minimum atomic E-state index is -5.85. The van der Waals surface area contributed by atoms with Crippen LogP contribution in [0, 0.1) is 0 Å². The van der Waals surface area contributed by atoms with Crippen LogP contribution in [0.4, 0.5) is 35.1 Å². The molecule has 0 N–H and O–H groups in total. The third-order valence-electron chi connectivity index (χ3n) is 0.597. The van der Waals surface area contributed by atoms with Gasteiger partial charge in [0.05, 0.1) is 0 Å². The van der Waals surface area contributed by atoms with Crippen molar-refractivity contribution in [2.24, 2.45) is 0 Å². The van der Waals surface area contributed by atoms with Crippen LogP contribution in [-0.4, -0.2) is 16.9 Å². The summed E-state index contributed by atoms with van der Waals surface area (Å²) in [4.78, 5) is 0. The lowest BCUT2D eigenvalue weighted by molar-refractivity contribution is -0.237. The van der Waals surface area contributed by atoms with Crippen molar-refractivity contribution < 1.29 is 35.1 Å². The largest absolute Gasteiger partial charge is 0.464 e. The van der Waals surface area contributed by atoms with E-state index < -0.39 is 48.4 Å². The summed E-state index contributed by atoms with van der Waals surface area (Å²) >= 11 is 0. The predicted molar refractivity (Wildman–Crippen MR) is 39.8 cm³/mol. The predicted octanol–water partition coefficient (Wildman–Crippen LogP) is 4.69. The molecule has 0 radical (unpaired) electrons. The highest BCUT2D eigenvalue weighted by Crippen LogP contribution is 2.56. The van der Waals surface area contributed by atoms with Gasteiger partial charge in [0.25, 0.3) is 0 Å². The summed E-state index contributed by atoms with van der Waals surface area (Å²) in [6, 6.07) is 0. The molecule has 0 aliphatic heterocycles. The first kappa shape index (κ1) is 14.5. The fraction of sp³-hybridized carbons (Fsp3) is 1.00. The van der Waals surface area contributed by atoms with Gasteiger partial charge in [0.15, 0.2) is 0 Å². The van der Waals surface area contributed by atoms with Crippen molar-refractivity contribution in [3.63, 3.8) is 0 Å². The lowest BCUT2D eigenvalue weighted by Crippen LogP contribution is -2.31. The molecule has 0 heterocycles. The van der Waals surface area contributed by atoms with Crippen molar-refractivity contribution in [2.45, 2.75) is 16.9 Å². The van der Waals surface area contributed by atoms with Gasteiger partial charge in [-0.2, -0.15) is 35.1 Å². The molecule has 0 saturated heterocycles. The zero-order valence-corrected chi connectivity index (χ0v) is 8.20. The van der Waals surface area contributed by atoms with Crippen LogP contribution in [0.25, 0.3) is 0 Å². The summed E-state index contributed by atoms with van der Waals surface area (Å²) in [5, 5.41) is -5.18. The third kappa shape index (κ3) is 5.39. The number of halogens is 8. The van der Waals surface area contributed by atoms with Crippen LogP contribution in [0.15, 0.2) is 0 Å². The highest BCUT2D eigenvalue weighted by Gasteiger charge is 2.59. The summed E-state index contributed by atoms with van der Waals surface area (Å²) < 4.78 is 92.0. The zero-order chi connectivity index (χ0) is 11.6. The summed E-state index contributed by atoms with van der Waals surface area (Å²) in [5.41, 5.74) is -4.85. The Bertz CT molecular complexity index is 181. The first-order valence-corrected chi connectivity index (χ1v) is 5.99. The lowest BCUT2D eigenvalue weighted by Gasteiger charge is -2.17. The first-order chi connectivity index (χ1) is 5.96. The normalized spacial score (nSPS) is 14.6. The van der Waals surface area contributed by atoms with E-state index in [1.807, 2.05) is 0 Å². The Labute approximate surface area is 84.0 Å². The molecule has 0 spiro atoms. The second kappa shape index (κ2) is 4.56. The molecule has 0 nitrogen and oxygen atoms in total. The molecule has 0 aromatic carbocycles. The first-order valence-electron chi connectivity index (χ1n) is 2.50. The van der Waals surface area contributed by atoms with E-state index in [0.717, 1.165) is 0 Å². The topological polar surface area (TPSA) is 0 Å². The van der Waals surface area contributed by atoms with E-state index in [1.54, 1.807) is 0 Å². The Balaban J connectivity index is 4.02. The molecule has 0 saturated carbocycles. The van der Waals surface area contributed by atoms with Gasteiger partial charge < -0.3 is 0 Å². The molecule has 0 atom stereocenters. The van der Waals surface area contributed by atoms with Crippen molar-refractivity contribution in [3.8, 4) is 0 Å². The second-order valence-corrected chi connectivity index (χ2v) is 5.77. The van der Waals surface area contributed by atoms with Gasteiger partial charge in [-0.05, 0) is 9.83 Å². The van der Waals surface area contributed by atoms with Gasteiger partial charge >= 0.3 is 16.9 Å². The van der Waals surface area contributed by atoms with Crippen molar-refractivity contribution in [2.75, 3.05) is 0 Å². The molecule has 0 amide bonds. The summed E-state index contributed by atoms with van der Waals surface area (Å²) in [7, 11) is -2.88. The number of hydrogen-bond donors (Lipinski definition) is 0. The van der Waals surface area contributed by atoms with Crippen LogP contribution in [0.3, 0.4) is 0 Å². The maximum absolute atomic E-state index is 11.9. The molecule has 0 rings (SSSR count). The van der Waals surface area contributed by atoms with E-state index >= 15 is 0 Å². The maximum atomic E-state index is 11.9. The Kier molecular flexibility index (Phi) is 4.72. The van der Waals surface area contributed by atoms with Gasteiger partial charge in [-0.25, -0.2) is 0 Å². The fourth-order valence-corrected chi connectivity index (χ4v) is 3.08. The van der Waals surface area contributed by atoms with Gasteiger partial charge in [0.2, 0.25) is 0 Å². The Hall–Kier alpha value is 0.490.